The van der Waals surface area contributed by atoms with E-state index >= 15 is 0 Å². The highest BCUT2D eigenvalue weighted by molar-refractivity contribution is 9.10. The Bertz CT molecular complexity index is 593. The van der Waals surface area contributed by atoms with Gasteiger partial charge >= 0.3 is 0 Å². The number of ether oxygens (including phenoxy) is 1. The number of hydrogen-bond donors (Lipinski definition) is 1. The van der Waals surface area contributed by atoms with Gasteiger partial charge in [-0.1, -0.05) is 24.3 Å². The average molecular weight is 317 g/mol. The molecule has 1 N–H and O–H groups in total. The van der Waals surface area contributed by atoms with Crippen molar-refractivity contribution in [3.63, 3.8) is 0 Å². The van der Waals surface area contributed by atoms with E-state index in [1.165, 1.54) is 0 Å². The van der Waals surface area contributed by atoms with Gasteiger partial charge in [-0.25, -0.2) is 0 Å². The molecule has 0 fully saturated rings. The third-order valence-corrected chi connectivity index (χ3v) is 3.34. The van der Waals surface area contributed by atoms with E-state index < -0.39 is 6.04 Å². The first-order valence-corrected chi connectivity index (χ1v) is 6.58. The smallest absolute Gasteiger partial charge is 0.140 e. The molecule has 2 aromatic carbocycles. The van der Waals surface area contributed by atoms with Crippen LogP contribution in [0.4, 0.5) is 5.69 Å². The molecule has 96 valence electrons. The lowest BCUT2D eigenvalue weighted by atomic mass is 10.1. The minimum absolute atomic E-state index is 0.399. The summed E-state index contributed by atoms with van der Waals surface area (Å²) in [4.78, 5) is 0. The second-order valence-corrected chi connectivity index (χ2v) is 4.82. The highest BCUT2D eigenvalue weighted by atomic mass is 79.9. The zero-order valence-electron chi connectivity index (χ0n) is 10.4. The van der Waals surface area contributed by atoms with E-state index in [2.05, 4.69) is 27.3 Å². The predicted molar refractivity (Wildman–Crippen MR) is 79.1 cm³/mol. The third-order valence-electron chi connectivity index (χ3n) is 2.72. The molecule has 4 heteroatoms. The standard InChI is InChI=1S/C15H13BrN2O/c1-19-15-8-7-11(9-13(15)16)14(10-17)18-12-5-3-2-4-6-12/h2-9,14,18H,1H3. The van der Waals surface area contributed by atoms with Crippen molar-refractivity contribution >= 4 is 21.6 Å². The molecule has 1 unspecified atom stereocenters. The maximum atomic E-state index is 9.30. The van der Waals surface area contributed by atoms with Gasteiger partial charge in [0.25, 0.3) is 0 Å². The molecule has 0 saturated carbocycles. The Balaban J connectivity index is 2.23. The molecule has 19 heavy (non-hydrogen) atoms. The largest absolute Gasteiger partial charge is 0.496 e. The van der Waals surface area contributed by atoms with E-state index in [1.54, 1.807) is 7.11 Å². The Labute approximate surface area is 121 Å². The van der Waals surface area contributed by atoms with Crippen molar-refractivity contribution in [1.29, 1.82) is 5.26 Å². The van der Waals surface area contributed by atoms with Gasteiger partial charge in [-0.05, 0) is 45.8 Å². The number of methoxy groups -OCH3 is 1. The number of rotatable bonds is 4. The third kappa shape index (κ3) is 3.27. The fraction of sp³-hybridized carbons (Fsp3) is 0.133. The molecule has 2 aromatic rings. The molecule has 0 spiro atoms. The summed E-state index contributed by atoms with van der Waals surface area (Å²) in [5, 5.41) is 12.5. The first kappa shape index (κ1) is 13.4. The van der Waals surface area contributed by atoms with Gasteiger partial charge in [0.05, 0.1) is 17.7 Å². The summed E-state index contributed by atoms with van der Waals surface area (Å²) in [5.41, 5.74) is 1.81. The zero-order valence-corrected chi connectivity index (χ0v) is 12.0. The van der Waals surface area contributed by atoms with Crippen LogP contribution in [-0.2, 0) is 0 Å². The number of nitrogens with one attached hydrogen (secondary N) is 1. The molecule has 0 saturated heterocycles. The van der Waals surface area contributed by atoms with E-state index in [-0.39, 0.29) is 0 Å². The average Bonchev–Trinajstić information content (AvgIpc) is 2.46. The first-order valence-electron chi connectivity index (χ1n) is 5.79. The van der Waals surface area contributed by atoms with Gasteiger partial charge in [-0.3, -0.25) is 0 Å². The normalized spacial score (nSPS) is 11.4. The second-order valence-electron chi connectivity index (χ2n) is 3.97. The minimum atomic E-state index is -0.399. The Hall–Kier alpha value is -1.99. The van der Waals surface area contributed by atoms with Crippen LogP contribution in [0.15, 0.2) is 53.0 Å². The lowest BCUT2D eigenvalue weighted by molar-refractivity contribution is 0.412. The molecule has 0 aliphatic carbocycles. The maximum Gasteiger partial charge on any atom is 0.140 e. The number of nitriles is 1. The quantitative estimate of drug-likeness (QED) is 0.922. The Morgan fingerprint density at radius 3 is 2.53 bits per heavy atom. The van der Waals surface area contributed by atoms with E-state index in [0.717, 1.165) is 21.5 Å². The van der Waals surface area contributed by atoms with Crippen molar-refractivity contribution in [1.82, 2.24) is 0 Å². The number of para-hydroxylation sites is 1. The summed E-state index contributed by atoms with van der Waals surface area (Å²) < 4.78 is 6.02. The van der Waals surface area contributed by atoms with E-state index in [0.29, 0.717) is 0 Å². The van der Waals surface area contributed by atoms with Gasteiger partial charge < -0.3 is 10.1 Å². The van der Waals surface area contributed by atoms with Gasteiger partial charge in [0.15, 0.2) is 0 Å². The minimum Gasteiger partial charge on any atom is -0.496 e. The lowest BCUT2D eigenvalue weighted by Gasteiger charge is -2.14. The van der Waals surface area contributed by atoms with Crippen LogP contribution >= 0.6 is 15.9 Å². The summed E-state index contributed by atoms with van der Waals surface area (Å²) in [6, 6.07) is 17.1. The van der Waals surface area contributed by atoms with Crippen LogP contribution in [0.3, 0.4) is 0 Å². The molecule has 0 heterocycles. The van der Waals surface area contributed by atoms with Crippen molar-refractivity contribution in [2.45, 2.75) is 6.04 Å². The monoisotopic (exact) mass is 316 g/mol. The summed E-state index contributed by atoms with van der Waals surface area (Å²) in [7, 11) is 1.61. The molecule has 0 aliphatic heterocycles. The van der Waals surface area contributed by atoms with E-state index in [1.807, 2.05) is 48.5 Å². The molecule has 3 nitrogen and oxygen atoms in total. The molecular formula is C15H13BrN2O. The van der Waals surface area contributed by atoms with Gasteiger partial charge in [-0.2, -0.15) is 5.26 Å². The highest BCUT2D eigenvalue weighted by Crippen LogP contribution is 2.29. The summed E-state index contributed by atoms with van der Waals surface area (Å²) in [6.07, 6.45) is 0. The van der Waals surface area contributed by atoms with Crippen LogP contribution in [0, 0.1) is 11.3 Å². The Kier molecular flexibility index (Phi) is 4.43. The molecule has 0 amide bonds. The number of hydrogen-bond acceptors (Lipinski definition) is 3. The summed E-state index contributed by atoms with van der Waals surface area (Å²) in [6.45, 7) is 0. The Morgan fingerprint density at radius 1 is 1.21 bits per heavy atom. The van der Waals surface area contributed by atoms with Crippen LogP contribution < -0.4 is 10.1 Å². The molecule has 2 rings (SSSR count). The van der Waals surface area contributed by atoms with Crippen molar-refractivity contribution in [2.24, 2.45) is 0 Å². The van der Waals surface area contributed by atoms with Crippen molar-refractivity contribution in [3.05, 3.63) is 58.6 Å². The molecular weight excluding hydrogens is 304 g/mol. The maximum absolute atomic E-state index is 9.30. The fourth-order valence-electron chi connectivity index (χ4n) is 1.75. The molecule has 1 atom stereocenters. The van der Waals surface area contributed by atoms with Crippen LogP contribution in [-0.4, -0.2) is 7.11 Å². The van der Waals surface area contributed by atoms with Gasteiger partial charge in [0, 0.05) is 5.69 Å². The van der Waals surface area contributed by atoms with E-state index in [9.17, 15) is 5.26 Å². The first-order chi connectivity index (χ1) is 9.24. The van der Waals surface area contributed by atoms with Gasteiger partial charge in [0.1, 0.15) is 11.8 Å². The predicted octanol–water partition coefficient (Wildman–Crippen LogP) is 4.13. The number of benzene rings is 2. The van der Waals surface area contributed by atoms with Crippen molar-refractivity contribution in [3.8, 4) is 11.8 Å². The summed E-state index contributed by atoms with van der Waals surface area (Å²) >= 11 is 3.43. The zero-order chi connectivity index (χ0) is 13.7. The second kappa shape index (κ2) is 6.26. The van der Waals surface area contributed by atoms with Gasteiger partial charge in [-0.15, -0.1) is 0 Å². The molecule has 0 bridgehead atoms. The van der Waals surface area contributed by atoms with Crippen LogP contribution in [0.1, 0.15) is 11.6 Å². The molecule has 0 radical (unpaired) electrons. The van der Waals surface area contributed by atoms with Crippen LogP contribution in [0.25, 0.3) is 0 Å². The summed E-state index contributed by atoms with van der Waals surface area (Å²) in [5.74, 6) is 0.750. The van der Waals surface area contributed by atoms with Crippen LogP contribution in [0.5, 0.6) is 5.75 Å². The lowest BCUT2D eigenvalue weighted by Crippen LogP contribution is -2.08. The van der Waals surface area contributed by atoms with Crippen LogP contribution in [0.2, 0.25) is 0 Å². The van der Waals surface area contributed by atoms with E-state index in [4.69, 9.17) is 4.74 Å². The number of nitrogens with zero attached hydrogens (tertiary/aromatic N) is 1. The Morgan fingerprint density at radius 2 is 1.95 bits per heavy atom. The molecule has 0 aliphatic rings. The number of anilines is 1. The fourth-order valence-corrected chi connectivity index (χ4v) is 2.31. The van der Waals surface area contributed by atoms with Crippen molar-refractivity contribution < 1.29 is 4.74 Å². The SMILES string of the molecule is COc1ccc(C(C#N)Nc2ccccc2)cc1Br. The topological polar surface area (TPSA) is 45.0 Å². The number of halogens is 1. The highest BCUT2D eigenvalue weighted by Gasteiger charge is 2.12. The molecule has 0 aromatic heterocycles. The van der Waals surface area contributed by atoms with Gasteiger partial charge in [0.2, 0.25) is 0 Å². The van der Waals surface area contributed by atoms with Crippen molar-refractivity contribution in [2.75, 3.05) is 12.4 Å².